The van der Waals surface area contributed by atoms with Crippen LogP contribution in [0.1, 0.15) is 28.9 Å². The molecule has 2 heterocycles. The van der Waals surface area contributed by atoms with E-state index in [4.69, 9.17) is 4.98 Å². The van der Waals surface area contributed by atoms with E-state index in [0.29, 0.717) is 6.42 Å². The molecule has 0 aliphatic heterocycles. The number of hydrogen-bond acceptors (Lipinski definition) is 3. The molecule has 1 N–H and O–H groups in total. The highest BCUT2D eigenvalue weighted by Crippen LogP contribution is 2.23. The molecular formula is C22H21FN4O. The summed E-state index contributed by atoms with van der Waals surface area (Å²) in [5.41, 5.74) is 5.65. The van der Waals surface area contributed by atoms with Crippen LogP contribution in [0.4, 0.5) is 10.1 Å². The number of halogens is 1. The van der Waals surface area contributed by atoms with Crippen molar-refractivity contribution in [1.82, 2.24) is 14.6 Å². The fourth-order valence-electron chi connectivity index (χ4n) is 3.52. The van der Waals surface area contributed by atoms with Crippen molar-refractivity contribution >= 4 is 28.1 Å². The van der Waals surface area contributed by atoms with Crippen LogP contribution in [0.3, 0.4) is 0 Å². The number of nitrogens with zero attached hydrogens (tertiary/aromatic N) is 3. The molecule has 1 amide bonds. The number of benzene rings is 2. The molecular weight excluding hydrogens is 355 g/mol. The van der Waals surface area contributed by atoms with Gasteiger partial charge in [-0.15, -0.1) is 0 Å². The van der Waals surface area contributed by atoms with Crippen LogP contribution in [0.5, 0.6) is 0 Å². The van der Waals surface area contributed by atoms with E-state index >= 15 is 0 Å². The normalized spacial score (nSPS) is 11.3. The summed E-state index contributed by atoms with van der Waals surface area (Å²) in [6, 6.07) is 12.6. The molecule has 0 bridgehead atoms. The molecule has 6 heteroatoms. The number of amides is 1. The Balaban J connectivity index is 1.58. The van der Waals surface area contributed by atoms with E-state index in [9.17, 15) is 9.18 Å². The van der Waals surface area contributed by atoms with Crippen molar-refractivity contribution in [3.05, 3.63) is 70.8 Å². The lowest BCUT2D eigenvalue weighted by Gasteiger charge is -2.12. The van der Waals surface area contributed by atoms with Gasteiger partial charge in [0.1, 0.15) is 5.82 Å². The highest BCUT2D eigenvalue weighted by Gasteiger charge is 2.15. The summed E-state index contributed by atoms with van der Waals surface area (Å²) in [5, 5.41) is 8.31. The van der Waals surface area contributed by atoms with Gasteiger partial charge in [-0.3, -0.25) is 4.79 Å². The zero-order chi connectivity index (χ0) is 19.8. The van der Waals surface area contributed by atoms with E-state index in [-0.39, 0.29) is 18.0 Å². The third kappa shape index (κ3) is 3.22. The predicted octanol–water partition coefficient (Wildman–Crippen LogP) is 4.52. The van der Waals surface area contributed by atoms with Gasteiger partial charge in [0.2, 0.25) is 5.91 Å². The molecule has 2 aromatic heterocycles. The van der Waals surface area contributed by atoms with Gasteiger partial charge in [0.25, 0.3) is 0 Å². The number of nitrogens with one attached hydrogen (secondary N) is 1. The highest BCUT2D eigenvalue weighted by molar-refractivity contribution is 5.92. The van der Waals surface area contributed by atoms with Gasteiger partial charge < -0.3 is 5.32 Å². The standard InChI is InChI=1S/C22H21FN4O/c1-13-8-10-18(23)20(12-13)25-21(28)11-9-16-14(2)24-22-17-6-4-5-7-19(17)26-27(22)15(16)3/h4-8,10,12H,9,11H2,1-3H3,(H,25,28). The number of fused-ring (bicyclic) bond motifs is 3. The van der Waals surface area contributed by atoms with Crippen molar-refractivity contribution < 1.29 is 9.18 Å². The smallest absolute Gasteiger partial charge is 0.224 e. The molecule has 0 aliphatic rings. The van der Waals surface area contributed by atoms with E-state index in [1.54, 1.807) is 12.1 Å². The van der Waals surface area contributed by atoms with Gasteiger partial charge in [-0.2, -0.15) is 5.10 Å². The van der Waals surface area contributed by atoms with E-state index in [1.807, 2.05) is 49.6 Å². The third-order valence-corrected chi connectivity index (χ3v) is 5.02. The Morgan fingerprint density at radius 3 is 2.75 bits per heavy atom. The molecule has 0 fully saturated rings. The Morgan fingerprint density at radius 1 is 1.14 bits per heavy atom. The van der Waals surface area contributed by atoms with Crippen molar-refractivity contribution in [3.8, 4) is 0 Å². The lowest BCUT2D eigenvalue weighted by atomic mass is 10.1. The number of anilines is 1. The van der Waals surface area contributed by atoms with Crippen molar-refractivity contribution in [2.24, 2.45) is 0 Å². The number of carbonyl (C=O) groups is 1. The Kier molecular flexibility index (Phi) is 4.55. The average Bonchev–Trinajstić information content (AvgIpc) is 3.03. The second-order valence-corrected chi connectivity index (χ2v) is 7.05. The number of carbonyl (C=O) groups excluding carboxylic acids is 1. The maximum atomic E-state index is 13.9. The summed E-state index contributed by atoms with van der Waals surface area (Å²) in [7, 11) is 0. The minimum absolute atomic E-state index is 0.213. The molecule has 4 aromatic rings. The largest absolute Gasteiger partial charge is 0.324 e. The second-order valence-electron chi connectivity index (χ2n) is 7.05. The minimum Gasteiger partial charge on any atom is -0.324 e. The van der Waals surface area contributed by atoms with Gasteiger partial charge >= 0.3 is 0 Å². The first-order valence-electron chi connectivity index (χ1n) is 9.23. The third-order valence-electron chi connectivity index (χ3n) is 5.02. The van der Waals surface area contributed by atoms with Crippen molar-refractivity contribution in [1.29, 1.82) is 0 Å². The van der Waals surface area contributed by atoms with Crippen LogP contribution in [0, 0.1) is 26.6 Å². The topological polar surface area (TPSA) is 59.3 Å². The zero-order valence-electron chi connectivity index (χ0n) is 16.1. The van der Waals surface area contributed by atoms with Gasteiger partial charge in [0.05, 0.1) is 11.2 Å². The molecule has 142 valence electrons. The van der Waals surface area contributed by atoms with Crippen LogP contribution in [0.25, 0.3) is 16.6 Å². The number of aryl methyl sites for hydroxylation is 3. The Hall–Kier alpha value is -3.28. The average molecular weight is 376 g/mol. The number of hydrogen-bond donors (Lipinski definition) is 1. The Labute approximate surface area is 162 Å². The monoisotopic (exact) mass is 376 g/mol. The first kappa shape index (κ1) is 18.1. The molecule has 0 saturated heterocycles. The molecule has 2 aromatic carbocycles. The maximum Gasteiger partial charge on any atom is 0.224 e. The zero-order valence-corrected chi connectivity index (χ0v) is 16.1. The van der Waals surface area contributed by atoms with Crippen molar-refractivity contribution in [3.63, 3.8) is 0 Å². The van der Waals surface area contributed by atoms with Crippen LogP contribution >= 0.6 is 0 Å². The summed E-state index contributed by atoms with van der Waals surface area (Å²) in [6.07, 6.45) is 0.749. The fraction of sp³-hybridized carbons (Fsp3) is 0.227. The SMILES string of the molecule is Cc1ccc(F)c(NC(=O)CCc2c(C)nc3c4ccccc4nn3c2C)c1. The first-order valence-corrected chi connectivity index (χ1v) is 9.23. The first-order chi connectivity index (χ1) is 13.4. The molecule has 0 spiro atoms. The molecule has 4 rings (SSSR count). The molecule has 0 radical (unpaired) electrons. The van der Waals surface area contributed by atoms with E-state index < -0.39 is 5.82 Å². The summed E-state index contributed by atoms with van der Waals surface area (Å²) in [4.78, 5) is 17.1. The summed E-state index contributed by atoms with van der Waals surface area (Å²) >= 11 is 0. The summed E-state index contributed by atoms with van der Waals surface area (Å²) in [5.74, 6) is -0.661. The van der Waals surface area contributed by atoms with E-state index in [2.05, 4.69) is 10.4 Å². The van der Waals surface area contributed by atoms with Crippen molar-refractivity contribution in [2.45, 2.75) is 33.6 Å². The minimum atomic E-state index is -0.433. The van der Waals surface area contributed by atoms with Gasteiger partial charge in [-0.05, 0) is 62.6 Å². The molecule has 28 heavy (non-hydrogen) atoms. The van der Waals surface area contributed by atoms with Gasteiger partial charge in [0, 0.05) is 23.2 Å². The van der Waals surface area contributed by atoms with Gasteiger partial charge in [0.15, 0.2) is 5.65 Å². The van der Waals surface area contributed by atoms with E-state index in [1.165, 1.54) is 6.07 Å². The van der Waals surface area contributed by atoms with Crippen LogP contribution in [-0.4, -0.2) is 20.5 Å². The number of rotatable bonds is 4. The molecule has 0 saturated carbocycles. The van der Waals surface area contributed by atoms with Crippen LogP contribution < -0.4 is 5.32 Å². The summed E-state index contributed by atoms with van der Waals surface area (Å²) < 4.78 is 15.7. The fourth-order valence-corrected chi connectivity index (χ4v) is 3.52. The van der Waals surface area contributed by atoms with Gasteiger partial charge in [-0.25, -0.2) is 13.9 Å². The second kappa shape index (κ2) is 7.03. The summed E-state index contributed by atoms with van der Waals surface area (Å²) in [6.45, 7) is 5.79. The molecule has 5 nitrogen and oxygen atoms in total. The predicted molar refractivity (Wildman–Crippen MR) is 108 cm³/mol. The van der Waals surface area contributed by atoms with Crippen LogP contribution in [0.2, 0.25) is 0 Å². The lowest BCUT2D eigenvalue weighted by molar-refractivity contribution is -0.116. The number of aromatic nitrogens is 3. The highest BCUT2D eigenvalue weighted by atomic mass is 19.1. The van der Waals surface area contributed by atoms with E-state index in [0.717, 1.165) is 39.1 Å². The molecule has 0 aliphatic carbocycles. The quantitative estimate of drug-likeness (QED) is 0.570. The Morgan fingerprint density at radius 2 is 1.93 bits per heavy atom. The Bertz CT molecular complexity index is 1210. The van der Waals surface area contributed by atoms with Crippen LogP contribution in [-0.2, 0) is 11.2 Å². The van der Waals surface area contributed by atoms with Crippen molar-refractivity contribution in [2.75, 3.05) is 5.32 Å². The van der Waals surface area contributed by atoms with Gasteiger partial charge in [-0.1, -0.05) is 18.2 Å². The maximum absolute atomic E-state index is 13.9. The lowest BCUT2D eigenvalue weighted by Crippen LogP contribution is -2.15. The molecule has 0 atom stereocenters. The van der Waals surface area contributed by atoms with Crippen LogP contribution in [0.15, 0.2) is 42.5 Å². The molecule has 0 unspecified atom stereocenters.